The van der Waals surface area contributed by atoms with E-state index in [1.54, 1.807) is 12.1 Å². The molecule has 0 radical (unpaired) electrons. The van der Waals surface area contributed by atoms with E-state index in [9.17, 15) is 13.2 Å². The molecule has 2 rings (SSSR count). The molecular formula is C9H8INO3S. The van der Waals surface area contributed by atoms with Crippen LogP contribution in [-0.4, -0.2) is 20.1 Å². The van der Waals surface area contributed by atoms with Crippen molar-refractivity contribution in [2.24, 2.45) is 0 Å². The number of nitrogens with one attached hydrogen (secondary N) is 1. The molecule has 0 saturated heterocycles. The van der Waals surface area contributed by atoms with Crippen molar-refractivity contribution in [1.82, 2.24) is 0 Å². The Kier molecular flexibility index (Phi) is 2.72. The Balaban J connectivity index is 2.66. The first kappa shape index (κ1) is 10.9. The average molecular weight is 337 g/mol. The Morgan fingerprint density at radius 3 is 2.80 bits per heavy atom. The maximum Gasteiger partial charge on any atom is 0.225 e. The van der Waals surface area contributed by atoms with Gasteiger partial charge in [-0.1, -0.05) is 0 Å². The van der Waals surface area contributed by atoms with Crippen molar-refractivity contribution < 1.29 is 13.2 Å². The van der Waals surface area contributed by atoms with Crippen molar-refractivity contribution in [3.8, 4) is 0 Å². The standard InChI is InChI=1S/C9H8INO3S/c10-6-1-2-8-7(5-6)11-9(12)3-4-15(8,13)14/h1-2,5H,3-4H2,(H,11,12). The summed E-state index contributed by atoms with van der Waals surface area (Å²) in [6, 6.07) is 4.92. The maximum atomic E-state index is 11.8. The topological polar surface area (TPSA) is 63.2 Å². The predicted octanol–water partition coefficient (Wildman–Crippen LogP) is 1.41. The number of rotatable bonds is 0. The predicted molar refractivity (Wildman–Crippen MR) is 64.5 cm³/mol. The molecule has 80 valence electrons. The summed E-state index contributed by atoms with van der Waals surface area (Å²) in [5.41, 5.74) is 0.393. The third kappa shape index (κ3) is 2.15. The van der Waals surface area contributed by atoms with Gasteiger partial charge in [-0.3, -0.25) is 4.79 Å². The van der Waals surface area contributed by atoms with Crippen molar-refractivity contribution >= 4 is 44.0 Å². The summed E-state index contributed by atoms with van der Waals surface area (Å²) in [5, 5.41) is 2.60. The van der Waals surface area contributed by atoms with Gasteiger partial charge in [0.05, 0.1) is 16.3 Å². The minimum absolute atomic E-state index is 0.0214. The molecule has 0 spiro atoms. The monoisotopic (exact) mass is 337 g/mol. The molecule has 0 bridgehead atoms. The van der Waals surface area contributed by atoms with Gasteiger partial charge < -0.3 is 5.32 Å². The number of benzene rings is 1. The molecule has 1 aromatic carbocycles. The number of halogens is 1. The minimum atomic E-state index is -3.31. The second-order valence-corrected chi connectivity index (χ2v) is 6.58. The SMILES string of the molecule is O=C1CCS(=O)(=O)c2ccc(I)cc2N1. The molecule has 0 saturated carbocycles. The van der Waals surface area contributed by atoms with Crippen molar-refractivity contribution in [3.05, 3.63) is 21.8 Å². The van der Waals surface area contributed by atoms with Crippen molar-refractivity contribution in [1.29, 1.82) is 0 Å². The van der Waals surface area contributed by atoms with Gasteiger partial charge in [-0.25, -0.2) is 8.42 Å². The summed E-state index contributed by atoms with van der Waals surface area (Å²) >= 11 is 2.07. The smallest absolute Gasteiger partial charge is 0.225 e. The van der Waals surface area contributed by atoms with E-state index in [0.29, 0.717) is 5.69 Å². The van der Waals surface area contributed by atoms with Crippen LogP contribution >= 0.6 is 22.6 Å². The fourth-order valence-electron chi connectivity index (χ4n) is 1.42. The Hall–Kier alpha value is -0.630. The van der Waals surface area contributed by atoms with E-state index < -0.39 is 9.84 Å². The van der Waals surface area contributed by atoms with Gasteiger partial charge in [-0.05, 0) is 40.8 Å². The van der Waals surface area contributed by atoms with Crippen molar-refractivity contribution in [2.45, 2.75) is 11.3 Å². The van der Waals surface area contributed by atoms with Crippen LogP contribution in [0.5, 0.6) is 0 Å². The van der Waals surface area contributed by atoms with Crippen molar-refractivity contribution in [2.75, 3.05) is 11.1 Å². The first-order chi connectivity index (χ1) is 6.99. The summed E-state index contributed by atoms with van der Waals surface area (Å²) in [6.07, 6.45) is 0.0214. The van der Waals surface area contributed by atoms with E-state index >= 15 is 0 Å². The summed E-state index contributed by atoms with van der Waals surface area (Å²) < 4.78 is 24.4. The van der Waals surface area contributed by atoms with Crippen LogP contribution in [0.15, 0.2) is 23.1 Å². The lowest BCUT2D eigenvalue weighted by molar-refractivity contribution is -0.115. The van der Waals surface area contributed by atoms with Gasteiger partial charge in [-0.15, -0.1) is 0 Å². The fourth-order valence-corrected chi connectivity index (χ4v) is 3.31. The molecule has 0 unspecified atom stereocenters. The molecule has 1 aromatic rings. The van der Waals surface area contributed by atoms with Crippen LogP contribution in [0.3, 0.4) is 0 Å². The lowest BCUT2D eigenvalue weighted by Crippen LogP contribution is -2.11. The number of fused-ring (bicyclic) bond motifs is 1. The van der Waals surface area contributed by atoms with Gasteiger partial charge in [0, 0.05) is 9.99 Å². The fraction of sp³-hybridized carbons (Fsp3) is 0.222. The Bertz CT molecular complexity index is 524. The zero-order valence-corrected chi connectivity index (χ0v) is 10.6. The molecule has 1 heterocycles. The second-order valence-electron chi connectivity index (χ2n) is 3.26. The lowest BCUT2D eigenvalue weighted by atomic mass is 10.3. The summed E-state index contributed by atoms with van der Waals surface area (Å²) in [6.45, 7) is 0. The zero-order chi connectivity index (χ0) is 11.1. The van der Waals surface area contributed by atoms with Crippen LogP contribution in [-0.2, 0) is 14.6 Å². The number of amides is 1. The van der Waals surface area contributed by atoms with Crippen LogP contribution in [0.25, 0.3) is 0 Å². The van der Waals surface area contributed by atoms with Gasteiger partial charge in [0.1, 0.15) is 0 Å². The molecule has 15 heavy (non-hydrogen) atoms. The van der Waals surface area contributed by atoms with Crippen LogP contribution in [0, 0.1) is 3.57 Å². The molecule has 0 aliphatic carbocycles. The minimum Gasteiger partial charge on any atom is -0.325 e. The third-order valence-corrected chi connectivity index (χ3v) is 4.59. The first-order valence-corrected chi connectivity index (χ1v) is 7.04. The second kappa shape index (κ2) is 3.75. The molecule has 0 atom stereocenters. The van der Waals surface area contributed by atoms with Crippen LogP contribution in [0.2, 0.25) is 0 Å². The molecule has 1 aliphatic rings. The van der Waals surface area contributed by atoms with Gasteiger partial charge in [0.2, 0.25) is 5.91 Å². The van der Waals surface area contributed by atoms with E-state index in [-0.39, 0.29) is 23.0 Å². The van der Waals surface area contributed by atoms with E-state index in [1.165, 1.54) is 6.07 Å². The third-order valence-electron chi connectivity index (χ3n) is 2.15. The zero-order valence-electron chi connectivity index (χ0n) is 7.66. The highest BCUT2D eigenvalue weighted by molar-refractivity contribution is 14.1. The number of hydrogen-bond acceptors (Lipinski definition) is 3. The van der Waals surface area contributed by atoms with Crippen LogP contribution in [0.1, 0.15) is 6.42 Å². The highest BCUT2D eigenvalue weighted by Crippen LogP contribution is 2.27. The van der Waals surface area contributed by atoms with Gasteiger partial charge in [0.25, 0.3) is 0 Å². The number of anilines is 1. The molecule has 0 aromatic heterocycles. The maximum absolute atomic E-state index is 11.8. The summed E-state index contributed by atoms with van der Waals surface area (Å²) in [7, 11) is -3.31. The van der Waals surface area contributed by atoms with E-state index in [0.717, 1.165) is 3.57 Å². The number of sulfone groups is 1. The average Bonchev–Trinajstić information content (AvgIpc) is 2.24. The molecule has 1 amide bonds. The van der Waals surface area contributed by atoms with Crippen molar-refractivity contribution in [3.63, 3.8) is 0 Å². The summed E-state index contributed by atoms with van der Waals surface area (Å²) in [5.74, 6) is -0.369. The quantitative estimate of drug-likeness (QED) is 0.728. The molecule has 1 aliphatic heterocycles. The normalized spacial score (nSPS) is 18.9. The largest absolute Gasteiger partial charge is 0.325 e. The van der Waals surface area contributed by atoms with Crippen LogP contribution < -0.4 is 5.32 Å². The molecule has 1 N–H and O–H groups in total. The summed E-state index contributed by atoms with van der Waals surface area (Å²) in [4.78, 5) is 11.5. The molecular weight excluding hydrogens is 329 g/mol. The van der Waals surface area contributed by atoms with Crippen LogP contribution in [0.4, 0.5) is 5.69 Å². The van der Waals surface area contributed by atoms with Gasteiger partial charge >= 0.3 is 0 Å². The molecule has 0 fully saturated rings. The Labute approximate surface area is 101 Å². The Morgan fingerprint density at radius 2 is 2.07 bits per heavy atom. The Morgan fingerprint density at radius 1 is 1.33 bits per heavy atom. The first-order valence-electron chi connectivity index (χ1n) is 4.31. The number of hydrogen-bond donors (Lipinski definition) is 1. The molecule has 4 nitrogen and oxygen atoms in total. The van der Waals surface area contributed by atoms with E-state index in [4.69, 9.17) is 0 Å². The van der Waals surface area contributed by atoms with Gasteiger partial charge in [0.15, 0.2) is 9.84 Å². The van der Waals surface area contributed by atoms with Gasteiger partial charge in [-0.2, -0.15) is 0 Å². The lowest BCUT2D eigenvalue weighted by Gasteiger charge is -2.06. The highest BCUT2D eigenvalue weighted by Gasteiger charge is 2.24. The highest BCUT2D eigenvalue weighted by atomic mass is 127. The number of carbonyl (C=O) groups excluding carboxylic acids is 1. The van der Waals surface area contributed by atoms with E-state index in [2.05, 4.69) is 27.9 Å². The molecule has 6 heteroatoms. The number of carbonyl (C=O) groups is 1. The van der Waals surface area contributed by atoms with E-state index in [1.807, 2.05) is 0 Å².